The highest BCUT2D eigenvalue weighted by atomic mass is 16.5. The molecule has 2 fully saturated rings. The average molecular weight is 389 g/mol. The molecule has 2 N–H and O–H groups in total. The topological polar surface area (TPSA) is 97.0 Å². The fraction of sp³-hybridized carbons (Fsp3) is 0.550. The number of methoxy groups -OCH3 is 1. The van der Waals surface area contributed by atoms with Gasteiger partial charge in [0.1, 0.15) is 18.7 Å². The van der Waals surface area contributed by atoms with E-state index in [2.05, 4.69) is 10.6 Å². The van der Waals surface area contributed by atoms with Gasteiger partial charge in [0.25, 0.3) is 5.91 Å². The first-order chi connectivity index (χ1) is 13.6. The van der Waals surface area contributed by atoms with E-state index < -0.39 is 17.5 Å². The van der Waals surface area contributed by atoms with E-state index in [9.17, 15) is 14.4 Å². The van der Waals surface area contributed by atoms with E-state index in [-0.39, 0.29) is 25.6 Å². The molecule has 1 heterocycles. The lowest BCUT2D eigenvalue weighted by molar-refractivity contribution is -0.135. The van der Waals surface area contributed by atoms with Gasteiger partial charge in [-0.2, -0.15) is 0 Å². The summed E-state index contributed by atoms with van der Waals surface area (Å²) in [6.07, 6.45) is 5.23. The maximum atomic E-state index is 12.8. The van der Waals surface area contributed by atoms with Crippen LogP contribution in [0.5, 0.6) is 11.5 Å². The summed E-state index contributed by atoms with van der Waals surface area (Å²) in [6, 6.07) is 6.76. The highest BCUT2D eigenvalue weighted by Gasteiger charge is 2.51. The minimum atomic E-state index is -0.819. The normalized spacial score (nSPS) is 18.5. The lowest BCUT2D eigenvalue weighted by atomic mass is 9.90. The Bertz CT molecular complexity index is 728. The van der Waals surface area contributed by atoms with E-state index in [4.69, 9.17) is 9.47 Å². The number of rotatable bonds is 7. The molecule has 3 rings (SSSR count). The van der Waals surface area contributed by atoms with Crippen molar-refractivity contribution < 1.29 is 23.9 Å². The van der Waals surface area contributed by atoms with Crippen molar-refractivity contribution in [2.45, 2.75) is 44.1 Å². The van der Waals surface area contributed by atoms with E-state index in [1.807, 2.05) is 12.1 Å². The van der Waals surface area contributed by atoms with Gasteiger partial charge in [0, 0.05) is 0 Å². The molecule has 1 saturated carbocycles. The highest BCUT2D eigenvalue weighted by Crippen LogP contribution is 2.32. The second-order valence-corrected chi connectivity index (χ2v) is 7.17. The summed E-state index contributed by atoms with van der Waals surface area (Å²) in [6.45, 7) is 0.225. The molecule has 0 aromatic heterocycles. The van der Waals surface area contributed by atoms with Crippen LogP contribution < -0.4 is 20.1 Å². The maximum absolute atomic E-state index is 12.8. The van der Waals surface area contributed by atoms with Crippen molar-refractivity contribution in [3.05, 3.63) is 24.3 Å². The van der Waals surface area contributed by atoms with Gasteiger partial charge < -0.3 is 20.1 Å². The standard InChI is InChI=1S/C20H27N3O5/c1-27-15-8-4-5-9-16(15)28-13-12-21-17(24)14-23-18(25)20(22-19(23)26)10-6-2-3-7-11-20/h4-5,8-9H,2-3,6-7,10-14H2,1H3,(H,21,24)(H,22,26). The van der Waals surface area contributed by atoms with Gasteiger partial charge in [0.05, 0.1) is 13.7 Å². The summed E-state index contributed by atoms with van der Waals surface area (Å²) >= 11 is 0. The van der Waals surface area contributed by atoms with Crippen molar-refractivity contribution in [3.8, 4) is 11.5 Å². The Morgan fingerprint density at radius 2 is 1.82 bits per heavy atom. The first-order valence-corrected chi connectivity index (χ1v) is 9.72. The van der Waals surface area contributed by atoms with E-state index in [1.54, 1.807) is 19.2 Å². The Morgan fingerprint density at radius 1 is 1.14 bits per heavy atom. The molecule has 28 heavy (non-hydrogen) atoms. The number of carbonyl (C=O) groups is 3. The summed E-state index contributed by atoms with van der Waals surface area (Å²) in [5.41, 5.74) is -0.819. The van der Waals surface area contributed by atoms with Gasteiger partial charge >= 0.3 is 6.03 Å². The minimum absolute atomic E-state index is 0.246. The summed E-state index contributed by atoms with van der Waals surface area (Å²) in [7, 11) is 1.56. The number of carbonyl (C=O) groups excluding carboxylic acids is 3. The van der Waals surface area contributed by atoms with Crippen molar-refractivity contribution in [2.75, 3.05) is 26.8 Å². The molecule has 152 valence electrons. The molecule has 0 unspecified atom stereocenters. The Labute approximate surface area is 164 Å². The lowest BCUT2D eigenvalue weighted by Crippen LogP contribution is -2.47. The van der Waals surface area contributed by atoms with Gasteiger partial charge in [-0.05, 0) is 25.0 Å². The smallest absolute Gasteiger partial charge is 0.325 e. The number of para-hydroxylation sites is 2. The van der Waals surface area contributed by atoms with Crippen LogP contribution >= 0.6 is 0 Å². The molecule has 1 spiro atoms. The van der Waals surface area contributed by atoms with Crippen molar-refractivity contribution in [2.24, 2.45) is 0 Å². The summed E-state index contributed by atoms with van der Waals surface area (Å²) < 4.78 is 10.8. The molecule has 8 nitrogen and oxygen atoms in total. The number of nitrogens with one attached hydrogen (secondary N) is 2. The van der Waals surface area contributed by atoms with E-state index >= 15 is 0 Å². The molecular formula is C20H27N3O5. The fourth-order valence-corrected chi connectivity index (χ4v) is 3.78. The molecule has 2 aliphatic rings. The van der Waals surface area contributed by atoms with Crippen LogP contribution in [-0.4, -0.2) is 55.1 Å². The molecule has 1 saturated heterocycles. The van der Waals surface area contributed by atoms with Gasteiger partial charge in [0.15, 0.2) is 11.5 Å². The van der Waals surface area contributed by atoms with Crippen LogP contribution in [0, 0.1) is 0 Å². The van der Waals surface area contributed by atoms with Crippen molar-refractivity contribution in [3.63, 3.8) is 0 Å². The van der Waals surface area contributed by atoms with Gasteiger partial charge in [-0.25, -0.2) is 4.79 Å². The van der Waals surface area contributed by atoms with Gasteiger partial charge in [0.2, 0.25) is 5.91 Å². The number of hydrogen-bond acceptors (Lipinski definition) is 5. The third-order valence-electron chi connectivity index (χ3n) is 5.26. The summed E-state index contributed by atoms with van der Waals surface area (Å²) in [4.78, 5) is 38.3. The Kier molecular flexibility index (Phi) is 6.38. The van der Waals surface area contributed by atoms with Crippen LogP contribution in [0.2, 0.25) is 0 Å². The van der Waals surface area contributed by atoms with Crippen LogP contribution in [0.25, 0.3) is 0 Å². The van der Waals surface area contributed by atoms with Crippen LogP contribution in [-0.2, 0) is 9.59 Å². The molecule has 0 bridgehead atoms. The van der Waals surface area contributed by atoms with Crippen LogP contribution in [0.4, 0.5) is 4.79 Å². The van der Waals surface area contributed by atoms with Crippen LogP contribution in [0.3, 0.4) is 0 Å². The second kappa shape index (κ2) is 8.95. The van der Waals surface area contributed by atoms with E-state index in [0.717, 1.165) is 30.6 Å². The largest absolute Gasteiger partial charge is 0.493 e. The third-order valence-corrected chi connectivity index (χ3v) is 5.26. The number of amides is 4. The van der Waals surface area contributed by atoms with Crippen molar-refractivity contribution in [1.29, 1.82) is 0 Å². The summed E-state index contributed by atoms with van der Waals surface area (Å²) in [5, 5.41) is 5.52. The molecule has 0 radical (unpaired) electrons. The minimum Gasteiger partial charge on any atom is -0.493 e. The molecule has 4 amide bonds. The second-order valence-electron chi connectivity index (χ2n) is 7.17. The number of imide groups is 1. The molecule has 8 heteroatoms. The van der Waals surface area contributed by atoms with Crippen LogP contribution in [0.15, 0.2) is 24.3 Å². The number of nitrogens with zero attached hydrogens (tertiary/aromatic N) is 1. The maximum Gasteiger partial charge on any atom is 0.325 e. The van der Waals surface area contributed by atoms with Crippen LogP contribution in [0.1, 0.15) is 38.5 Å². The first-order valence-electron chi connectivity index (χ1n) is 9.72. The number of ether oxygens (including phenoxy) is 2. The SMILES string of the molecule is COc1ccccc1OCCNC(=O)CN1C(=O)NC2(CCCCCC2)C1=O. The molecule has 1 aliphatic carbocycles. The first kappa shape index (κ1) is 20.0. The average Bonchev–Trinajstić information content (AvgIpc) is 2.86. The monoisotopic (exact) mass is 389 g/mol. The number of urea groups is 1. The Morgan fingerprint density at radius 3 is 2.50 bits per heavy atom. The number of benzene rings is 1. The predicted octanol–water partition coefficient (Wildman–Crippen LogP) is 1.83. The Balaban J connectivity index is 1.47. The van der Waals surface area contributed by atoms with Crippen molar-refractivity contribution in [1.82, 2.24) is 15.5 Å². The van der Waals surface area contributed by atoms with Gasteiger partial charge in [-0.1, -0.05) is 37.8 Å². The number of hydrogen-bond donors (Lipinski definition) is 2. The van der Waals surface area contributed by atoms with Gasteiger partial charge in [-0.3, -0.25) is 14.5 Å². The molecule has 0 atom stereocenters. The molecular weight excluding hydrogens is 362 g/mol. The quantitative estimate of drug-likeness (QED) is 0.548. The molecule has 1 aromatic carbocycles. The highest BCUT2D eigenvalue weighted by molar-refractivity contribution is 6.09. The molecule has 1 aliphatic heterocycles. The molecule has 1 aromatic rings. The van der Waals surface area contributed by atoms with Crippen molar-refractivity contribution >= 4 is 17.8 Å². The summed E-state index contributed by atoms with van der Waals surface area (Å²) in [5.74, 6) is 0.531. The zero-order valence-corrected chi connectivity index (χ0v) is 16.2. The van der Waals surface area contributed by atoms with E-state index in [1.165, 1.54) is 0 Å². The third kappa shape index (κ3) is 4.37. The zero-order valence-electron chi connectivity index (χ0n) is 16.2. The Hall–Kier alpha value is -2.77. The predicted molar refractivity (Wildman–Crippen MR) is 102 cm³/mol. The van der Waals surface area contributed by atoms with Gasteiger partial charge in [-0.15, -0.1) is 0 Å². The fourth-order valence-electron chi connectivity index (χ4n) is 3.78. The van der Waals surface area contributed by atoms with E-state index in [0.29, 0.717) is 24.3 Å². The lowest BCUT2D eigenvalue weighted by Gasteiger charge is -2.24. The zero-order chi connectivity index (χ0) is 20.0.